The summed E-state index contributed by atoms with van der Waals surface area (Å²) in [4.78, 5) is 10.2. The van der Waals surface area contributed by atoms with Crippen molar-refractivity contribution in [3.8, 4) is 56.5 Å². The van der Waals surface area contributed by atoms with Crippen LogP contribution >= 0.6 is 0 Å². The van der Waals surface area contributed by atoms with Gasteiger partial charge in [0.25, 0.3) is 0 Å². The number of fused-ring (bicyclic) bond motifs is 11. The Kier molecular flexibility index (Phi) is 7.45. The topological polar surface area (TPSA) is 48.2 Å². The maximum atomic E-state index is 6.61. The zero-order valence-electron chi connectivity index (χ0n) is 33.2. The highest BCUT2D eigenvalue weighted by atomic mass is 16.5. The zero-order chi connectivity index (χ0) is 40.0. The third-order valence-corrected chi connectivity index (χ3v) is 12.9. The first kappa shape index (κ1) is 34.5. The second kappa shape index (κ2) is 13.0. The molecule has 0 atom stereocenters. The van der Waals surface area contributed by atoms with E-state index in [4.69, 9.17) is 19.1 Å². The van der Waals surface area contributed by atoms with Crippen LogP contribution in [0.4, 0.5) is 0 Å². The van der Waals surface area contributed by atoms with Crippen molar-refractivity contribution in [1.82, 2.24) is 9.97 Å². The summed E-state index contributed by atoms with van der Waals surface area (Å²) in [5.41, 5.74) is 15.5. The van der Waals surface area contributed by atoms with Crippen molar-refractivity contribution >= 4 is 21.9 Å². The smallest absolute Gasteiger partial charge is 0.160 e. The second-order valence-electron chi connectivity index (χ2n) is 16.5. The van der Waals surface area contributed by atoms with Crippen LogP contribution in [0.3, 0.4) is 0 Å². The van der Waals surface area contributed by atoms with Crippen molar-refractivity contribution in [1.29, 1.82) is 0 Å². The number of aromatic nitrogens is 2. The second-order valence-corrected chi connectivity index (χ2v) is 16.5. The van der Waals surface area contributed by atoms with E-state index in [-0.39, 0.29) is 5.41 Å². The number of ether oxygens (including phenoxy) is 1. The van der Waals surface area contributed by atoms with Crippen LogP contribution in [-0.4, -0.2) is 9.97 Å². The fraction of sp³-hybridized carbons (Fsp3) is 0.0714. The fourth-order valence-corrected chi connectivity index (χ4v) is 9.97. The molecule has 284 valence electrons. The Morgan fingerprint density at radius 1 is 0.367 bits per heavy atom. The SMILES string of the molecule is CC1(C)c2ccccc2C2(c3ccccc3Oc3ccccc32)c2ccc(-c3ccc(-c4cc(-c5ccc6c(c5)oc5ccccc56)nc(-c5ccccc5)n4)cc3)cc21. The average molecular weight is 771 g/mol. The molecular weight excluding hydrogens is 733 g/mol. The highest BCUT2D eigenvalue weighted by Gasteiger charge is 2.52. The first-order valence-corrected chi connectivity index (χ1v) is 20.6. The number of nitrogens with zero attached hydrogens (tertiary/aromatic N) is 2. The van der Waals surface area contributed by atoms with Crippen molar-refractivity contribution in [2.24, 2.45) is 0 Å². The number of rotatable bonds is 4. The fourth-order valence-electron chi connectivity index (χ4n) is 9.97. The van der Waals surface area contributed by atoms with E-state index in [9.17, 15) is 0 Å². The summed E-state index contributed by atoms with van der Waals surface area (Å²) in [5.74, 6) is 2.48. The van der Waals surface area contributed by atoms with Gasteiger partial charge in [-0.2, -0.15) is 0 Å². The highest BCUT2D eigenvalue weighted by molar-refractivity contribution is 6.05. The zero-order valence-corrected chi connectivity index (χ0v) is 33.2. The summed E-state index contributed by atoms with van der Waals surface area (Å²) < 4.78 is 12.9. The Labute approximate surface area is 348 Å². The lowest BCUT2D eigenvalue weighted by Gasteiger charge is -2.50. The van der Waals surface area contributed by atoms with Crippen molar-refractivity contribution in [3.63, 3.8) is 0 Å². The van der Waals surface area contributed by atoms with E-state index < -0.39 is 5.41 Å². The van der Waals surface area contributed by atoms with Crippen LogP contribution in [0.25, 0.3) is 67.0 Å². The van der Waals surface area contributed by atoms with Crippen LogP contribution in [0.2, 0.25) is 0 Å². The molecule has 0 radical (unpaired) electrons. The van der Waals surface area contributed by atoms with Crippen LogP contribution in [0.15, 0.2) is 199 Å². The first-order valence-electron chi connectivity index (χ1n) is 20.6. The van der Waals surface area contributed by atoms with Crippen molar-refractivity contribution < 1.29 is 9.15 Å². The van der Waals surface area contributed by atoms with Crippen molar-refractivity contribution in [3.05, 3.63) is 228 Å². The van der Waals surface area contributed by atoms with Crippen molar-refractivity contribution in [2.45, 2.75) is 24.7 Å². The quantitative estimate of drug-likeness (QED) is 0.179. The van der Waals surface area contributed by atoms with Gasteiger partial charge in [0.1, 0.15) is 22.7 Å². The van der Waals surface area contributed by atoms with Crippen LogP contribution < -0.4 is 4.74 Å². The van der Waals surface area contributed by atoms with Gasteiger partial charge < -0.3 is 9.15 Å². The summed E-state index contributed by atoms with van der Waals surface area (Å²) in [6.07, 6.45) is 0. The van der Waals surface area contributed by atoms with E-state index in [2.05, 4.69) is 172 Å². The molecule has 0 amide bonds. The first-order chi connectivity index (χ1) is 29.5. The van der Waals surface area contributed by atoms with Crippen LogP contribution in [0, 0.1) is 0 Å². The summed E-state index contributed by atoms with van der Waals surface area (Å²) in [6.45, 7) is 4.73. The Balaban J connectivity index is 0.980. The molecule has 0 saturated carbocycles. The van der Waals surface area contributed by atoms with Gasteiger partial charge in [-0.25, -0.2) is 9.97 Å². The molecule has 4 heteroatoms. The summed E-state index contributed by atoms with van der Waals surface area (Å²) in [6, 6.07) is 68.8. The van der Waals surface area contributed by atoms with Gasteiger partial charge >= 0.3 is 0 Å². The average Bonchev–Trinajstić information content (AvgIpc) is 3.69. The van der Waals surface area contributed by atoms with Crippen molar-refractivity contribution in [2.75, 3.05) is 0 Å². The monoisotopic (exact) mass is 770 g/mol. The van der Waals surface area contributed by atoms with Gasteiger partial charge in [0.05, 0.1) is 16.8 Å². The van der Waals surface area contributed by atoms with E-state index in [0.29, 0.717) is 5.82 Å². The lowest BCUT2D eigenvalue weighted by atomic mass is 9.53. The lowest BCUT2D eigenvalue weighted by molar-refractivity contribution is 0.425. The number of para-hydroxylation sites is 3. The maximum absolute atomic E-state index is 6.61. The number of hydrogen-bond donors (Lipinski definition) is 0. The molecule has 0 saturated heterocycles. The molecule has 10 aromatic rings. The van der Waals surface area contributed by atoms with Gasteiger partial charge in [0.15, 0.2) is 5.82 Å². The Morgan fingerprint density at radius 3 is 1.67 bits per heavy atom. The number of furan rings is 1. The standard InChI is InChI=1S/C56H38N2O2/c1-55(2)42-17-7-8-18-43(42)56(45-19-9-12-22-51(45)60-52-23-13-10-20-46(52)56)44-31-29-38(32-47(44)55)35-24-26-36(27-25-35)48-34-49(58-54(57-48)37-14-4-3-5-15-37)39-28-30-41-40-16-6-11-21-50(40)59-53(41)33-39/h3-34H,1-2H3. The summed E-state index contributed by atoms with van der Waals surface area (Å²) >= 11 is 0. The van der Waals surface area contributed by atoms with Crippen LogP contribution in [0.1, 0.15) is 47.2 Å². The van der Waals surface area contributed by atoms with Gasteiger partial charge in [-0.3, -0.25) is 0 Å². The minimum absolute atomic E-state index is 0.258. The molecule has 4 nitrogen and oxygen atoms in total. The number of benzene rings is 8. The normalized spacial score (nSPS) is 14.2. The number of hydrogen-bond acceptors (Lipinski definition) is 4. The molecule has 12 rings (SSSR count). The molecular formula is C56H38N2O2. The van der Waals surface area contributed by atoms with Gasteiger partial charge in [0.2, 0.25) is 0 Å². The van der Waals surface area contributed by atoms with E-state index in [1.54, 1.807) is 0 Å². The molecule has 8 aromatic carbocycles. The minimum Gasteiger partial charge on any atom is -0.457 e. The Hall–Kier alpha value is -7.56. The molecule has 2 aliphatic rings. The molecule has 1 aliphatic heterocycles. The minimum atomic E-state index is -0.536. The van der Waals surface area contributed by atoms with Crippen LogP contribution in [-0.2, 0) is 10.8 Å². The molecule has 1 aliphatic carbocycles. The highest BCUT2D eigenvalue weighted by Crippen LogP contribution is 2.61. The summed E-state index contributed by atoms with van der Waals surface area (Å²) in [7, 11) is 0. The predicted molar refractivity (Wildman–Crippen MR) is 242 cm³/mol. The van der Waals surface area contributed by atoms with Gasteiger partial charge in [-0.15, -0.1) is 0 Å². The Bertz CT molecular complexity index is 3280. The lowest BCUT2D eigenvalue weighted by Crippen LogP contribution is -2.43. The van der Waals surface area contributed by atoms with E-state index in [0.717, 1.165) is 67.1 Å². The predicted octanol–water partition coefficient (Wildman–Crippen LogP) is 14.2. The van der Waals surface area contributed by atoms with Gasteiger partial charge in [-0.1, -0.05) is 166 Å². The van der Waals surface area contributed by atoms with Crippen LogP contribution in [0.5, 0.6) is 11.5 Å². The van der Waals surface area contributed by atoms with Gasteiger partial charge in [0, 0.05) is 44.0 Å². The van der Waals surface area contributed by atoms with E-state index in [1.807, 2.05) is 36.4 Å². The molecule has 3 heterocycles. The third kappa shape index (κ3) is 5.04. The molecule has 0 bridgehead atoms. The molecule has 0 unspecified atom stereocenters. The summed E-state index contributed by atoms with van der Waals surface area (Å²) in [5, 5.41) is 2.20. The van der Waals surface area contributed by atoms with E-state index in [1.165, 1.54) is 38.9 Å². The van der Waals surface area contributed by atoms with Gasteiger partial charge in [-0.05, 0) is 75.8 Å². The molecule has 0 fully saturated rings. The maximum Gasteiger partial charge on any atom is 0.160 e. The molecule has 1 spiro atoms. The van der Waals surface area contributed by atoms with E-state index >= 15 is 0 Å². The third-order valence-electron chi connectivity index (χ3n) is 12.9. The largest absolute Gasteiger partial charge is 0.457 e. The Morgan fingerprint density at radius 2 is 0.917 bits per heavy atom. The molecule has 60 heavy (non-hydrogen) atoms. The molecule has 2 aromatic heterocycles. The molecule has 0 N–H and O–H groups in total.